The molecule has 1 saturated heterocycles. The lowest BCUT2D eigenvalue weighted by Gasteiger charge is -2.41. The minimum Gasteiger partial charge on any atom is -0.464 e. The average Bonchev–Trinajstić information content (AvgIpc) is 2.94. The molecular formula is C30H35F3N4O3. The number of hydrogen-bond acceptors (Lipinski definition) is 7. The first-order chi connectivity index (χ1) is 19.1. The lowest BCUT2D eigenvalue weighted by atomic mass is 9.93. The van der Waals surface area contributed by atoms with Crippen LogP contribution in [0.1, 0.15) is 30.0 Å². The molecule has 0 amide bonds. The number of benzene rings is 2. The number of aliphatic hydroxyl groups is 1. The quantitative estimate of drug-likeness (QED) is 0.364. The van der Waals surface area contributed by atoms with Crippen molar-refractivity contribution in [1.82, 2.24) is 14.8 Å². The number of halogens is 3. The maximum atomic E-state index is 13.1. The van der Waals surface area contributed by atoms with Crippen molar-refractivity contribution in [2.24, 2.45) is 5.73 Å². The second-order valence-electron chi connectivity index (χ2n) is 10.3. The zero-order valence-electron chi connectivity index (χ0n) is 22.5. The Bertz CT molecular complexity index is 1240. The maximum Gasteiger partial charge on any atom is 0.421 e. The van der Waals surface area contributed by atoms with Gasteiger partial charge in [0, 0.05) is 57.7 Å². The second kappa shape index (κ2) is 12.9. The molecule has 0 aliphatic carbocycles. The fourth-order valence-corrected chi connectivity index (χ4v) is 4.86. The van der Waals surface area contributed by atoms with Gasteiger partial charge < -0.3 is 15.6 Å². The van der Waals surface area contributed by atoms with Crippen LogP contribution in [-0.4, -0.2) is 70.9 Å². The van der Waals surface area contributed by atoms with Gasteiger partial charge in [0.2, 0.25) is 0 Å². The van der Waals surface area contributed by atoms with Crippen molar-refractivity contribution in [2.75, 3.05) is 32.8 Å². The highest BCUT2D eigenvalue weighted by atomic mass is 19.4. The number of pyridine rings is 1. The van der Waals surface area contributed by atoms with Crippen LogP contribution in [0.4, 0.5) is 13.2 Å². The second-order valence-corrected chi connectivity index (χ2v) is 10.3. The molecule has 0 bridgehead atoms. The molecule has 1 unspecified atom stereocenters. The third kappa shape index (κ3) is 7.45. The maximum absolute atomic E-state index is 13.1. The summed E-state index contributed by atoms with van der Waals surface area (Å²) < 4.78 is 44.7. The summed E-state index contributed by atoms with van der Waals surface area (Å²) in [6, 6.07) is 17.6. The summed E-state index contributed by atoms with van der Waals surface area (Å²) in [6.45, 7) is 5.00. The first-order valence-corrected chi connectivity index (χ1v) is 13.3. The summed E-state index contributed by atoms with van der Waals surface area (Å²) in [4.78, 5) is 21.1. The van der Waals surface area contributed by atoms with Crippen molar-refractivity contribution in [2.45, 2.75) is 44.3 Å². The smallest absolute Gasteiger partial charge is 0.421 e. The largest absolute Gasteiger partial charge is 0.464 e. The van der Waals surface area contributed by atoms with E-state index in [-0.39, 0.29) is 37.1 Å². The molecule has 40 heavy (non-hydrogen) atoms. The molecule has 0 spiro atoms. The van der Waals surface area contributed by atoms with Gasteiger partial charge in [0.05, 0.1) is 6.42 Å². The third-order valence-electron chi connectivity index (χ3n) is 7.30. The summed E-state index contributed by atoms with van der Waals surface area (Å²) >= 11 is 0. The SMILES string of the molecule is CC(O)(c1ccc(-c2ccc(CN3CCN(Cc4ccncc4)[C@H](CC(=O)OCCN)C3)cc2)cc1)C(F)(F)F. The van der Waals surface area contributed by atoms with E-state index in [4.69, 9.17) is 10.5 Å². The van der Waals surface area contributed by atoms with E-state index < -0.39 is 11.8 Å². The molecule has 1 aromatic heterocycles. The Morgan fingerprint density at radius 2 is 1.57 bits per heavy atom. The first-order valence-electron chi connectivity index (χ1n) is 13.3. The predicted molar refractivity (Wildman–Crippen MR) is 146 cm³/mol. The Hall–Kier alpha value is -3.31. The van der Waals surface area contributed by atoms with E-state index in [9.17, 15) is 23.1 Å². The Balaban J connectivity index is 1.40. The summed E-state index contributed by atoms with van der Waals surface area (Å²) in [6.07, 6.45) is -0.956. The van der Waals surface area contributed by atoms with Crippen LogP contribution in [0.15, 0.2) is 73.1 Å². The van der Waals surface area contributed by atoms with Crippen molar-refractivity contribution in [1.29, 1.82) is 0 Å². The molecule has 7 nitrogen and oxygen atoms in total. The number of nitrogens with zero attached hydrogens (tertiary/aromatic N) is 3. The molecular weight excluding hydrogens is 521 g/mol. The van der Waals surface area contributed by atoms with Gasteiger partial charge in [-0.05, 0) is 46.9 Å². The van der Waals surface area contributed by atoms with Crippen LogP contribution in [-0.2, 0) is 28.2 Å². The highest BCUT2D eigenvalue weighted by molar-refractivity contribution is 5.70. The number of carbonyl (C=O) groups is 1. The summed E-state index contributed by atoms with van der Waals surface area (Å²) in [5, 5.41) is 9.91. The fourth-order valence-electron chi connectivity index (χ4n) is 4.86. The normalized spacial score (nSPS) is 18.3. The summed E-state index contributed by atoms with van der Waals surface area (Å²) in [5.74, 6) is -0.260. The topological polar surface area (TPSA) is 91.9 Å². The van der Waals surface area contributed by atoms with Crippen molar-refractivity contribution in [3.8, 4) is 11.1 Å². The lowest BCUT2D eigenvalue weighted by Crippen LogP contribution is -2.53. The van der Waals surface area contributed by atoms with Gasteiger partial charge >= 0.3 is 12.1 Å². The van der Waals surface area contributed by atoms with Crippen LogP contribution in [0.3, 0.4) is 0 Å². The number of piperazine rings is 1. The molecule has 2 heterocycles. The van der Waals surface area contributed by atoms with E-state index in [1.54, 1.807) is 24.5 Å². The van der Waals surface area contributed by atoms with Crippen molar-refractivity contribution < 1.29 is 27.8 Å². The van der Waals surface area contributed by atoms with Crippen LogP contribution in [0, 0.1) is 0 Å². The van der Waals surface area contributed by atoms with Crippen LogP contribution in [0.25, 0.3) is 11.1 Å². The molecule has 1 aliphatic heterocycles. The monoisotopic (exact) mass is 556 g/mol. The van der Waals surface area contributed by atoms with Gasteiger partial charge in [-0.2, -0.15) is 13.2 Å². The molecule has 10 heteroatoms. The number of nitrogens with two attached hydrogens (primary N) is 1. The van der Waals surface area contributed by atoms with Gasteiger partial charge in [-0.25, -0.2) is 0 Å². The number of alkyl halides is 3. The zero-order chi connectivity index (χ0) is 28.8. The van der Waals surface area contributed by atoms with E-state index in [2.05, 4.69) is 14.8 Å². The van der Waals surface area contributed by atoms with Gasteiger partial charge in [-0.15, -0.1) is 0 Å². The Morgan fingerprint density at radius 3 is 2.17 bits per heavy atom. The molecule has 214 valence electrons. The molecule has 1 fully saturated rings. The summed E-state index contributed by atoms with van der Waals surface area (Å²) in [5.41, 5.74) is 6.22. The molecule has 4 rings (SSSR count). The van der Waals surface area contributed by atoms with E-state index in [0.717, 1.165) is 48.8 Å². The predicted octanol–water partition coefficient (Wildman–Crippen LogP) is 4.10. The minimum absolute atomic E-state index is 0.0149. The Kier molecular flexibility index (Phi) is 9.57. The number of rotatable bonds is 10. The van der Waals surface area contributed by atoms with Crippen LogP contribution in [0.5, 0.6) is 0 Å². The van der Waals surface area contributed by atoms with Gasteiger partial charge in [-0.3, -0.25) is 19.6 Å². The first kappa shape index (κ1) is 29.7. The third-order valence-corrected chi connectivity index (χ3v) is 7.30. The molecule has 2 aromatic carbocycles. The molecule has 0 saturated carbocycles. The van der Waals surface area contributed by atoms with E-state index in [1.165, 1.54) is 12.1 Å². The van der Waals surface area contributed by atoms with Crippen molar-refractivity contribution >= 4 is 5.97 Å². The van der Waals surface area contributed by atoms with Crippen molar-refractivity contribution in [3.05, 3.63) is 89.7 Å². The molecule has 3 aromatic rings. The van der Waals surface area contributed by atoms with Crippen LogP contribution in [0.2, 0.25) is 0 Å². The minimum atomic E-state index is -4.76. The number of aromatic nitrogens is 1. The number of hydrogen-bond donors (Lipinski definition) is 2. The zero-order valence-corrected chi connectivity index (χ0v) is 22.5. The van der Waals surface area contributed by atoms with Crippen LogP contribution >= 0.6 is 0 Å². The highest BCUT2D eigenvalue weighted by Crippen LogP contribution is 2.39. The number of esters is 1. The van der Waals surface area contributed by atoms with Gasteiger partial charge in [-0.1, -0.05) is 48.5 Å². The van der Waals surface area contributed by atoms with Crippen LogP contribution < -0.4 is 5.73 Å². The number of carbonyl (C=O) groups excluding carboxylic acids is 1. The van der Waals surface area contributed by atoms with Crippen molar-refractivity contribution in [3.63, 3.8) is 0 Å². The van der Waals surface area contributed by atoms with E-state index in [1.807, 2.05) is 36.4 Å². The molecule has 1 aliphatic rings. The fraction of sp³-hybridized carbons (Fsp3) is 0.400. The average molecular weight is 557 g/mol. The van der Waals surface area contributed by atoms with Gasteiger partial charge in [0.1, 0.15) is 6.61 Å². The van der Waals surface area contributed by atoms with Gasteiger partial charge in [0.25, 0.3) is 0 Å². The molecule has 3 N–H and O–H groups in total. The Morgan fingerprint density at radius 1 is 0.975 bits per heavy atom. The standard InChI is InChI=1S/C30H35F3N4O3/c1-29(39,30(31,32)33)26-8-6-25(7-9-26)24-4-2-22(3-5-24)19-36-15-16-37(20-23-10-13-35-14-11-23)27(21-36)18-28(38)40-17-12-34/h2-11,13-14,27,39H,12,15-21,34H2,1H3/t27-,29?/m1/s1. The van der Waals surface area contributed by atoms with E-state index in [0.29, 0.717) is 13.1 Å². The number of ether oxygens (including phenoxy) is 1. The summed E-state index contributed by atoms with van der Waals surface area (Å²) in [7, 11) is 0. The Labute approximate surface area is 232 Å². The highest BCUT2D eigenvalue weighted by Gasteiger charge is 2.51. The van der Waals surface area contributed by atoms with E-state index >= 15 is 0 Å². The van der Waals surface area contributed by atoms with Gasteiger partial charge in [0.15, 0.2) is 5.60 Å². The molecule has 2 atom stereocenters. The molecule has 0 radical (unpaired) electrons. The lowest BCUT2D eigenvalue weighted by molar-refractivity contribution is -0.258.